The zero-order chi connectivity index (χ0) is 15.5. The maximum Gasteiger partial charge on any atom is 0.319 e. The van der Waals surface area contributed by atoms with Gasteiger partial charge in [-0.1, -0.05) is 29.3 Å². The number of aryl methyl sites for hydroxylation is 1. The third kappa shape index (κ3) is 3.38. The van der Waals surface area contributed by atoms with E-state index < -0.39 is 0 Å². The number of imidazole rings is 1. The smallest absolute Gasteiger partial charge is 0.319 e. The minimum atomic E-state index is -0.265. The van der Waals surface area contributed by atoms with Crippen molar-refractivity contribution in [1.82, 2.24) is 14.7 Å². The van der Waals surface area contributed by atoms with Crippen LogP contribution in [0.1, 0.15) is 11.3 Å². The minimum absolute atomic E-state index is 0.265. The molecule has 0 atom stereocenters. The summed E-state index contributed by atoms with van der Waals surface area (Å²) in [5.74, 6) is 0. The van der Waals surface area contributed by atoms with E-state index in [0.29, 0.717) is 11.6 Å². The Labute approximate surface area is 132 Å². The Morgan fingerprint density at radius 3 is 2.73 bits per heavy atom. The van der Waals surface area contributed by atoms with E-state index in [1.165, 1.54) is 0 Å². The quantitative estimate of drug-likeness (QED) is 0.775. The van der Waals surface area contributed by atoms with Crippen molar-refractivity contribution in [3.63, 3.8) is 0 Å². The van der Waals surface area contributed by atoms with Crippen LogP contribution in [0.5, 0.6) is 0 Å². The van der Waals surface area contributed by atoms with Gasteiger partial charge in [0.25, 0.3) is 0 Å². The summed E-state index contributed by atoms with van der Waals surface area (Å²) in [5.41, 5.74) is 3.46. The van der Waals surface area contributed by atoms with E-state index in [2.05, 4.69) is 15.6 Å². The Hall–Kier alpha value is -2.53. The first-order valence-corrected chi connectivity index (χ1v) is 7.22. The van der Waals surface area contributed by atoms with Crippen molar-refractivity contribution >= 4 is 29.0 Å². The molecule has 2 N–H and O–H groups in total. The molecule has 0 fully saturated rings. The van der Waals surface area contributed by atoms with Crippen molar-refractivity contribution in [1.29, 1.82) is 0 Å². The number of nitrogens with zero attached hydrogens (tertiary/aromatic N) is 2. The normalized spacial score (nSPS) is 10.6. The van der Waals surface area contributed by atoms with Crippen LogP contribution in [0.25, 0.3) is 5.65 Å². The second kappa shape index (κ2) is 6.07. The van der Waals surface area contributed by atoms with Gasteiger partial charge in [-0.3, -0.25) is 0 Å². The maximum absolute atomic E-state index is 11.9. The van der Waals surface area contributed by atoms with Crippen LogP contribution >= 0.6 is 11.6 Å². The van der Waals surface area contributed by atoms with Gasteiger partial charge in [-0.15, -0.1) is 0 Å². The van der Waals surface area contributed by atoms with E-state index in [1.54, 1.807) is 12.3 Å². The van der Waals surface area contributed by atoms with Crippen LogP contribution < -0.4 is 10.6 Å². The lowest BCUT2D eigenvalue weighted by Crippen LogP contribution is -2.28. The van der Waals surface area contributed by atoms with E-state index in [4.69, 9.17) is 11.6 Å². The van der Waals surface area contributed by atoms with Gasteiger partial charge in [0.1, 0.15) is 5.65 Å². The van der Waals surface area contributed by atoms with E-state index in [1.807, 2.05) is 47.9 Å². The van der Waals surface area contributed by atoms with Crippen molar-refractivity contribution in [2.24, 2.45) is 0 Å². The number of amides is 2. The zero-order valence-electron chi connectivity index (χ0n) is 12.0. The molecule has 2 aromatic heterocycles. The first kappa shape index (κ1) is 14.4. The van der Waals surface area contributed by atoms with Gasteiger partial charge in [-0.05, 0) is 31.2 Å². The summed E-state index contributed by atoms with van der Waals surface area (Å²) in [7, 11) is 0. The Kier molecular flexibility index (Phi) is 3.98. The van der Waals surface area contributed by atoms with Gasteiger partial charge in [-0.25, -0.2) is 9.78 Å². The number of benzene rings is 1. The number of nitrogens with one attached hydrogen (secondary N) is 2. The van der Waals surface area contributed by atoms with Gasteiger partial charge < -0.3 is 15.0 Å². The predicted octanol–water partition coefficient (Wildman–Crippen LogP) is 3.62. The molecule has 2 heterocycles. The van der Waals surface area contributed by atoms with E-state index >= 15 is 0 Å². The Morgan fingerprint density at radius 1 is 1.18 bits per heavy atom. The van der Waals surface area contributed by atoms with Gasteiger partial charge in [0, 0.05) is 18.1 Å². The monoisotopic (exact) mass is 314 g/mol. The third-order valence-electron chi connectivity index (χ3n) is 3.20. The van der Waals surface area contributed by atoms with Crippen molar-refractivity contribution in [3.8, 4) is 0 Å². The lowest BCUT2D eigenvalue weighted by Gasteiger charge is -2.06. The predicted molar refractivity (Wildman–Crippen MR) is 87.2 cm³/mol. The Balaban J connectivity index is 1.61. The molecule has 6 heteroatoms. The number of rotatable bonds is 3. The molecule has 0 radical (unpaired) electrons. The van der Waals surface area contributed by atoms with Crippen LogP contribution in [-0.2, 0) is 6.54 Å². The number of carbonyl (C=O) groups excluding carboxylic acids is 1. The van der Waals surface area contributed by atoms with Crippen molar-refractivity contribution < 1.29 is 4.79 Å². The Bertz CT molecular complexity index is 811. The van der Waals surface area contributed by atoms with Gasteiger partial charge in [-0.2, -0.15) is 0 Å². The zero-order valence-corrected chi connectivity index (χ0v) is 12.8. The van der Waals surface area contributed by atoms with Crippen LogP contribution in [0.15, 0.2) is 48.8 Å². The molecular weight excluding hydrogens is 300 g/mol. The molecule has 0 aliphatic carbocycles. The number of hydrogen-bond acceptors (Lipinski definition) is 2. The van der Waals surface area contributed by atoms with Crippen LogP contribution in [0.2, 0.25) is 5.02 Å². The van der Waals surface area contributed by atoms with Crippen LogP contribution in [-0.4, -0.2) is 15.4 Å². The van der Waals surface area contributed by atoms with Gasteiger partial charge in [0.2, 0.25) is 0 Å². The lowest BCUT2D eigenvalue weighted by molar-refractivity contribution is 0.251. The fraction of sp³-hybridized carbons (Fsp3) is 0.125. The van der Waals surface area contributed by atoms with E-state index in [0.717, 1.165) is 22.6 Å². The third-order valence-corrected chi connectivity index (χ3v) is 3.43. The minimum Gasteiger partial charge on any atom is -0.332 e. The summed E-state index contributed by atoms with van der Waals surface area (Å²) in [5, 5.41) is 6.20. The Morgan fingerprint density at radius 2 is 1.95 bits per heavy atom. The lowest BCUT2D eigenvalue weighted by atomic mass is 10.2. The summed E-state index contributed by atoms with van der Waals surface area (Å²) in [6.45, 7) is 2.34. The average molecular weight is 315 g/mol. The fourth-order valence-corrected chi connectivity index (χ4v) is 2.25. The molecule has 112 valence electrons. The number of aromatic nitrogens is 2. The van der Waals surface area contributed by atoms with Crippen molar-refractivity contribution in [3.05, 3.63) is 65.1 Å². The van der Waals surface area contributed by atoms with E-state index in [-0.39, 0.29) is 6.03 Å². The number of anilines is 1. The molecule has 3 rings (SSSR count). The number of pyridine rings is 1. The summed E-state index contributed by atoms with van der Waals surface area (Å²) in [4.78, 5) is 16.3. The number of hydrogen-bond donors (Lipinski definition) is 2. The standard InChI is InChI=1S/C16H15ClN4O/c1-11-2-5-13(6-3-11)20-16(22)18-8-14-10-21-9-12(17)4-7-15(21)19-14/h2-7,9-10H,8H2,1H3,(H2,18,20,22). The molecule has 0 unspecified atom stereocenters. The van der Waals surface area contributed by atoms with Gasteiger partial charge in [0.15, 0.2) is 0 Å². The van der Waals surface area contributed by atoms with Crippen molar-refractivity contribution in [2.75, 3.05) is 5.32 Å². The highest BCUT2D eigenvalue weighted by Gasteiger charge is 2.05. The van der Waals surface area contributed by atoms with Crippen LogP contribution in [0, 0.1) is 6.92 Å². The molecule has 0 aliphatic rings. The molecule has 5 nitrogen and oxygen atoms in total. The van der Waals surface area contributed by atoms with E-state index in [9.17, 15) is 4.79 Å². The van der Waals surface area contributed by atoms with Crippen LogP contribution in [0.4, 0.5) is 10.5 Å². The molecule has 0 saturated carbocycles. The summed E-state index contributed by atoms with van der Waals surface area (Å²) >= 11 is 5.93. The summed E-state index contributed by atoms with van der Waals surface area (Å²) < 4.78 is 1.83. The highest BCUT2D eigenvalue weighted by molar-refractivity contribution is 6.30. The fourth-order valence-electron chi connectivity index (χ4n) is 2.09. The molecule has 0 bridgehead atoms. The number of urea groups is 1. The molecule has 3 aromatic rings. The highest BCUT2D eigenvalue weighted by Crippen LogP contribution is 2.12. The molecule has 0 saturated heterocycles. The largest absolute Gasteiger partial charge is 0.332 e. The first-order valence-electron chi connectivity index (χ1n) is 6.85. The average Bonchev–Trinajstić information content (AvgIpc) is 2.89. The number of fused-ring (bicyclic) bond motifs is 1. The molecule has 22 heavy (non-hydrogen) atoms. The topological polar surface area (TPSA) is 58.4 Å². The second-order valence-electron chi connectivity index (χ2n) is 5.02. The number of carbonyl (C=O) groups is 1. The molecule has 2 amide bonds. The molecule has 1 aromatic carbocycles. The summed E-state index contributed by atoms with van der Waals surface area (Å²) in [6.07, 6.45) is 3.62. The molecule has 0 spiro atoms. The number of halogens is 1. The first-order chi connectivity index (χ1) is 10.6. The van der Waals surface area contributed by atoms with Crippen molar-refractivity contribution in [2.45, 2.75) is 13.5 Å². The molecular formula is C16H15ClN4O. The second-order valence-corrected chi connectivity index (χ2v) is 5.46. The maximum atomic E-state index is 11.9. The molecule has 0 aliphatic heterocycles. The van der Waals surface area contributed by atoms with Gasteiger partial charge in [0.05, 0.1) is 17.3 Å². The summed E-state index contributed by atoms with van der Waals surface area (Å²) in [6, 6.07) is 11.0. The SMILES string of the molecule is Cc1ccc(NC(=O)NCc2cn3cc(Cl)ccc3n2)cc1. The highest BCUT2D eigenvalue weighted by atomic mass is 35.5. The van der Waals surface area contributed by atoms with Crippen LogP contribution in [0.3, 0.4) is 0 Å². The van der Waals surface area contributed by atoms with Gasteiger partial charge >= 0.3 is 6.03 Å².